The van der Waals surface area contributed by atoms with Gasteiger partial charge in [0, 0.05) is 18.7 Å². The second-order valence-electron chi connectivity index (χ2n) is 4.86. The summed E-state index contributed by atoms with van der Waals surface area (Å²) in [7, 11) is 0. The summed E-state index contributed by atoms with van der Waals surface area (Å²) in [5.74, 6) is 0.110. The van der Waals surface area contributed by atoms with E-state index in [0.29, 0.717) is 18.7 Å². The van der Waals surface area contributed by atoms with Crippen molar-refractivity contribution in [1.29, 1.82) is 0 Å². The van der Waals surface area contributed by atoms with E-state index in [1.165, 1.54) is 0 Å². The summed E-state index contributed by atoms with van der Waals surface area (Å²) in [5, 5.41) is 24.7. The highest BCUT2D eigenvalue weighted by Gasteiger charge is 2.33. The van der Waals surface area contributed by atoms with Gasteiger partial charge in [0.15, 0.2) is 5.84 Å². The van der Waals surface area contributed by atoms with Crippen LogP contribution in [0, 0.1) is 0 Å². The van der Waals surface area contributed by atoms with Crippen molar-refractivity contribution in [1.82, 2.24) is 5.32 Å². The van der Waals surface area contributed by atoms with Gasteiger partial charge in [-0.05, 0) is 24.8 Å². The third-order valence-electron chi connectivity index (χ3n) is 3.42. The zero-order valence-corrected chi connectivity index (χ0v) is 10.3. The van der Waals surface area contributed by atoms with Gasteiger partial charge < -0.3 is 21.4 Å². The molecule has 0 saturated heterocycles. The lowest BCUT2D eigenvalue weighted by Gasteiger charge is -2.36. The maximum absolute atomic E-state index is 9.91. The fourth-order valence-electron chi connectivity index (χ4n) is 2.05. The third kappa shape index (κ3) is 3.00. The van der Waals surface area contributed by atoms with E-state index < -0.39 is 5.60 Å². The van der Waals surface area contributed by atoms with Gasteiger partial charge in [-0.15, -0.1) is 0 Å². The topological polar surface area (TPSA) is 90.9 Å². The van der Waals surface area contributed by atoms with Crippen LogP contribution in [-0.4, -0.2) is 28.3 Å². The van der Waals surface area contributed by atoms with Crippen LogP contribution in [-0.2, 0) is 6.54 Å². The van der Waals surface area contributed by atoms with E-state index in [1.54, 1.807) is 0 Å². The Morgan fingerprint density at radius 2 is 2.00 bits per heavy atom. The number of nitrogens with one attached hydrogen (secondary N) is 1. The molecule has 0 atom stereocenters. The average molecular weight is 249 g/mol. The van der Waals surface area contributed by atoms with Crippen molar-refractivity contribution in [3.8, 4) is 0 Å². The predicted molar refractivity (Wildman–Crippen MR) is 69.5 cm³/mol. The third-order valence-corrected chi connectivity index (χ3v) is 3.42. The Morgan fingerprint density at radius 3 is 2.50 bits per heavy atom. The molecule has 0 heterocycles. The number of amidine groups is 1. The van der Waals surface area contributed by atoms with Crippen LogP contribution in [0.2, 0.25) is 0 Å². The van der Waals surface area contributed by atoms with Crippen LogP contribution in [0.4, 0.5) is 0 Å². The number of benzene rings is 1. The summed E-state index contributed by atoms with van der Waals surface area (Å²) in [6.45, 7) is 1.34. The zero-order valence-electron chi connectivity index (χ0n) is 10.3. The summed E-state index contributed by atoms with van der Waals surface area (Å²) in [4.78, 5) is 0. The van der Waals surface area contributed by atoms with Crippen molar-refractivity contribution in [2.45, 2.75) is 31.4 Å². The molecular weight excluding hydrogens is 230 g/mol. The number of rotatable bonds is 5. The maximum Gasteiger partial charge on any atom is 0.170 e. The summed E-state index contributed by atoms with van der Waals surface area (Å²) < 4.78 is 0. The van der Waals surface area contributed by atoms with E-state index in [9.17, 15) is 5.11 Å². The number of hydrogen-bond donors (Lipinski definition) is 4. The standard InChI is InChI=1S/C13H19N3O2/c14-12(16-18)11-4-2-10(3-5-11)8-15-9-13(17)6-1-7-13/h2-5,15,17-18H,1,6-9H2,(H2,14,16). The Balaban J connectivity index is 1.83. The van der Waals surface area contributed by atoms with Gasteiger partial charge in [0.05, 0.1) is 5.60 Å². The fraction of sp³-hybridized carbons (Fsp3) is 0.462. The molecule has 0 spiro atoms. The van der Waals surface area contributed by atoms with Crippen LogP contribution in [0.5, 0.6) is 0 Å². The van der Waals surface area contributed by atoms with Crippen LogP contribution in [0.1, 0.15) is 30.4 Å². The van der Waals surface area contributed by atoms with E-state index >= 15 is 0 Å². The molecule has 98 valence electrons. The lowest BCUT2D eigenvalue weighted by atomic mass is 9.80. The molecule has 0 radical (unpaired) electrons. The molecule has 1 saturated carbocycles. The first kappa shape index (κ1) is 12.9. The first-order valence-electron chi connectivity index (χ1n) is 6.13. The Labute approximate surface area is 106 Å². The molecule has 0 bridgehead atoms. The van der Waals surface area contributed by atoms with Gasteiger partial charge in [-0.1, -0.05) is 29.4 Å². The van der Waals surface area contributed by atoms with Crippen LogP contribution in [0.3, 0.4) is 0 Å². The lowest BCUT2D eigenvalue weighted by molar-refractivity contribution is -0.0314. The highest BCUT2D eigenvalue weighted by Crippen LogP contribution is 2.30. The fourth-order valence-corrected chi connectivity index (χ4v) is 2.05. The van der Waals surface area contributed by atoms with E-state index in [2.05, 4.69) is 10.5 Å². The molecule has 1 aromatic carbocycles. The van der Waals surface area contributed by atoms with Crippen LogP contribution in [0.25, 0.3) is 0 Å². The molecule has 2 rings (SSSR count). The van der Waals surface area contributed by atoms with E-state index in [4.69, 9.17) is 10.9 Å². The molecule has 0 unspecified atom stereocenters. The predicted octanol–water partition coefficient (Wildman–Crippen LogP) is 0.786. The van der Waals surface area contributed by atoms with Crippen LogP contribution < -0.4 is 11.1 Å². The van der Waals surface area contributed by atoms with Gasteiger partial charge in [0.1, 0.15) is 0 Å². The molecule has 1 aliphatic carbocycles. The van der Waals surface area contributed by atoms with Gasteiger partial charge >= 0.3 is 0 Å². The van der Waals surface area contributed by atoms with Gasteiger partial charge in [-0.3, -0.25) is 0 Å². The number of aliphatic hydroxyl groups is 1. The quantitative estimate of drug-likeness (QED) is 0.269. The molecule has 1 aromatic rings. The maximum atomic E-state index is 9.91. The summed E-state index contributed by atoms with van der Waals surface area (Å²) in [5.41, 5.74) is 6.78. The zero-order chi connectivity index (χ0) is 13.0. The highest BCUT2D eigenvalue weighted by atomic mass is 16.4. The van der Waals surface area contributed by atoms with Crippen LogP contribution in [0.15, 0.2) is 29.4 Å². The Morgan fingerprint density at radius 1 is 1.33 bits per heavy atom. The molecule has 5 nitrogen and oxygen atoms in total. The molecule has 18 heavy (non-hydrogen) atoms. The first-order chi connectivity index (χ1) is 8.63. The van der Waals surface area contributed by atoms with Gasteiger partial charge in [0.2, 0.25) is 0 Å². The number of hydrogen-bond acceptors (Lipinski definition) is 4. The van der Waals surface area contributed by atoms with Gasteiger partial charge in [-0.2, -0.15) is 0 Å². The van der Waals surface area contributed by atoms with Crippen molar-refractivity contribution in [3.05, 3.63) is 35.4 Å². The number of nitrogens with two attached hydrogens (primary N) is 1. The molecule has 5 N–H and O–H groups in total. The summed E-state index contributed by atoms with van der Waals surface area (Å²) >= 11 is 0. The lowest BCUT2D eigenvalue weighted by Crippen LogP contribution is -2.45. The molecule has 0 aliphatic heterocycles. The molecular formula is C13H19N3O2. The molecule has 5 heteroatoms. The Bertz CT molecular complexity index is 424. The number of oxime groups is 1. The molecule has 1 aliphatic rings. The summed E-state index contributed by atoms with van der Waals surface area (Å²) in [6, 6.07) is 7.46. The van der Waals surface area contributed by atoms with E-state index in [1.807, 2.05) is 24.3 Å². The Hall–Kier alpha value is -1.59. The highest BCUT2D eigenvalue weighted by molar-refractivity contribution is 5.96. The second kappa shape index (κ2) is 5.37. The normalized spacial score (nSPS) is 18.4. The second-order valence-corrected chi connectivity index (χ2v) is 4.86. The van der Waals surface area contributed by atoms with Crippen molar-refractivity contribution < 1.29 is 10.3 Å². The minimum atomic E-state index is -0.492. The van der Waals surface area contributed by atoms with Gasteiger partial charge in [-0.25, -0.2) is 0 Å². The molecule has 0 aromatic heterocycles. The Kier molecular flexibility index (Phi) is 3.84. The minimum absolute atomic E-state index is 0.110. The van der Waals surface area contributed by atoms with Crippen molar-refractivity contribution >= 4 is 5.84 Å². The van der Waals surface area contributed by atoms with Gasteiger partial charge in [0.25, 0.3) is 0 Å². The van der Waals surface area contributed by atoms with Crippen molar-refractivity contribution in [3.63, 3.8) is 0 Å². The first-order valence-corrected chi connectivity index (χ1v) is 6.13. The number of nitrogens with zero attached hydrogens (tertiary/aromatic N) is 1. The van der Waals surface area contributed by atoms with Crippen molar-refractivity contribution in [2.75, 3.05) is 6.54 Å². The average Bonchev–Trinajstić information content (AvgIpc) is 2.36. The van der Waals surface area contributed by atoms with Crippen LogP contribution >= 0.6 is 0 Å². The smallest absolute Gasteiger partial charge is 0.170 e. The minimum Gasteiger partial charge on any atom is -0.409 e. The SMILES string of the molecule is N/C(=N/O)c1ccc(CNCC2(O)CCC2)cc1. The molecule has 0 amide bonds. The summed E-state index contributed by atoms with van der Waals surface area (Å²) in [6.07, 6.45) is 2.90. The van der Waals surface area contributed by atoms with E-state index in [0.717, 1.165) is 24.8 Å². The van der Waals surface area contributed by atoms with Crippen molar-refractivity contribution in [2.24, 2.45) is 10.9 Å². The monoisotopic (exact) mass is 249 g/mol. The van der Waals surface area contributed by atoms with E-state index in [-0.39, 0.29) is 5.84 Å². The largest absolute Gasteiger partial charge is 0.409 e. The molecule has 1 fully saturated rings.